The summed E-state index contributed by atoms with van der Waals surface area (Å²) in [6.07, 6.45) is -7.27. The first kappa shape index (κ1) is 11.2. The summed E-state index contributed by atoms with van der Waals surface area (Å²) in [6.45, 7) is 0.220. The molecule has 2 heterocycles. The van der Waals surface area contributed by atoms with Crippen molar-refractivity contribution in [3.8, 4) is 0 Å². The molecule has 1 aromatic rings. The molecule has 1 N–H and O–H groups in total. The fraction of sp³-hybridized carbons (Fsp3) is 0.625. The zero-order valence-corrected chi connectivity index (χ0v) is 7.93. The Labute approximate surface area is 87.2 Å². The van der Waals surface area contributed by atoms with Crippen LogP contribution >= 0.6 is 0 Å². The van der Waals surface area contributed by atoms with Gasteiger partial charge in [0.25, 0.3) is 6.43 Å². The SMILES string of the molecule is FC(F)C1CCNc2cc(C(F)(F)F)nn21. The van der Waals surface area contributed by atoms with Crippen molar-refractivity contribution in [3.63, 3.8) is 0 Å². The summed E-state index contributed by atoms with van der Waals surface area (Å²) in [5, 5.41) is 5.78. The van der Waals surface area contributed by atoms with Crippen molar-refractivity contribution in [2.45, 2.75) is 25.1 Å². The summed E-state index contributed by atoms with van der Waals surface area (Å²) in [5.41, 5.74) is -1.15. The van der Waals surface area contributed by atoms with E-state index in [0.717, 1.165) is 10.7 Å². The molecule has 1 aliphatic heterocycles. The quantitative estimate of drug-likeness (QED) is 0.765. The average molecular weight is 241 g/mol. The Kier molecular flexibility index (Phi) is 2.51. The van der Waals surface area contributed by atoms with Crippen LogP contribution in [-0.2, 0) is 6.18 Å². The molecule has 8 heteroatoms. The minimum Gasteiger partial charge on any atom is -0.370 e. The van der Waals surface area contributed by atoms with Crippen molar-refractivity contribution >= 4 is 5.82 Å². The van der Waals surface area contributed by atoms with Gasteiger partial charge in [-0.05, 0) is 6.42 Å². The molecular formula is C8H8F5N3. The maximum absolute atomic E-state index is 12.5. The first-order chi connectivity index (χ1) is 7.39. The van der Waals surface area contributed by atoms with Crippen molar-refractivity contribution in [1.29, 1.82) is 0 Å². The molecule has 0 aromatic carbocycles. The van der Waals surface area contributed by atoms with Crippen molar-refractivity contribution in [3.05, 3.63) is 11.8 Å². The van der Waals surface area contributed by atoms with E-state index in [0.29, 0.717) is 0 Å². The van der Waals surface area contributed by atoms with Crippen LogP contribution in [0.3, 0.4) is 0 Å². The van der Waals surface area contributed by atoms with E-state index in [9.17, 15) is 22.0 Å². The van der Waals surface area contributed by atoms with Crippen LogP contribution in [0.2, 0.25) is 0 Å². The predicted octanol–water partition coefficient (Wildman–Crippen LogP) is 2.52. The van der Waals surface area contributed by atoms with Gasteiger partial charge in [0, 0.05) is 12.6 Å². The second-order valence-electron chi connectivity index (χ2n) is 3.47. The Morgan fingerprint density at radius 3 is 2.69 bits per heavy atom. The van der Waals surface area contributed by atoms with Gasteiger partial charge >= 0.3 is 6.18 Å². The summed E-state index contributed by atoms with van der Waals surface area (Å²) < 4.78 is 62.7. The van der Waals surface area contributed by atoms with E-state index in [1.807, 2.05) is 0 Å². The molecule has 2 rings (SSSR count). The van der Waals surface area contributed by atoms with Crippen molar-refractivity contribution < 1.29 is 22.0 Å². The Morgan fingerprint density at radius 1 is 1.44 bits per heavy atom. The number of alkyl halides is 5. The fourth-order valence-electron chi connectivity index (χ4n) is 1.62. The van der Waals surface area contributed by atoms with Gasteiger partial charge < -0.3 is 5.32 Å². The number of fused-ring (bicyclic) bond motifs is 1. The summed E-state index contributed by atoms with van der Waals surface area (Å²) >= 11 is 0. The summed E-state index contributed by atoms with van der Waals surface area (Å²) in [7, 11) is 0. The highest BCUT2D eigenvalue weighted by Gasteiger charge is 2.38. The molecule has 1 atom stereocenters. The largest absolute Gasteiger partial charge is 0.435 e. The van der Waals surface area contributed by atoms with Gasteiger partial charge in [0.1, 0.15) is 11.9 Å². The third-order valence-corrected chi connectivity index (χ3v) is 2.38. The lowest BCUT2D eigenvalue weighted by molar-refractivity contribution is -0.141. The van der Waals surface area contributed by atoms with Gasteiger partial charge in [0.15, 0.2) is 5.69 Å². The van der Waals surface area contributed by atoms with E-state index in [1.54, 1.807) is 0 Å². The lowest BCUT2D eigenvalue weighted by atomic mass is 10.2. The topological polar surface area (TPSA) is 29.9 Å². The van der Waals surface area contributed by atoms with E-state index < -0.39 is 24.3 Å². The maximum atomic E-state index is 12.5. The number of rotatable bonds is 1. The van der Waals surface area contributed by atoms with Crippen molar-refractivity contribution in [1.82, 2.24) is 9.78 Å². The number of hydrogen-bond donors (Lipinski definition) is 1. The first-order valence-electron chi connectivity index (χ1n) is 4.58. The number of nitrogens with one attached hydrogen (secondary N) is 1. The molecule has 0 spiro atoms. The van der Waals surface area contributed by atoms with Crippen LogP contribution in [0.4, 0.5) is 27.8 Å². The monoisotopic (exact) mass is 241 g/mol. The molecule has 1 aromatic heterocycles. The Hall–Kier alpha value is -1.34. The average Bonchev–Trinajstić information content (AvgIpc) is 2.59. The third kappa shape index (κ3) is 1.83. The highest BCUT2D eigenvalue weighted by Crippen LogP contribution is 2.34. The molecule has 0 aliphatic carbocycles. The molecule has 0 saturated heterocycles. The van der Waals surface area contributed by atoms with Crippen LogP contribution in [-0.4, -0.2) is 22.8 Å². The van der Waals surface area contributed by atoms with Gasteiger partial charge in [-0.15, -0.1) is 0 Å². The number of hydrogen-bond acceptors (Lipinski definition) is 2. The Bertz CT molecular complexity index is 384. The van der Waals surface area contributed by atoms with Crippen LogP contribution in [0.25, 0.3) is 0 Å². The smallest absolute Gasteiger partial charge is 0.370 e. The van der Waals surface area contributed by atoms with Crippen molar-refractivity contribution in [2.75, 3.05) is 11.9 Å². The zero-order valence-electron chi connectivity index (χ0n) is 7.93. The van der Waals surface area contributed by atoms with Crippen LogP contribution in [0.15, 0.2) is 6.07 Å². The molecule has 0 fully saturated rings. The van der Waals surface area contributed by atoms with Crippen LogP contribution in [0, 0.1) is 0 Å². The highest BCUT2D eigenvalue weighted by molar-refractivity contribution is 5.40. The number of aromatic nitrogens is 2. The summed E-state index contributed by atoms with van der Waals surface area (Å²) in [6, 6.07) is -0.540. The fourth-order valence-corrected chi connectivity index (χ4v) is 1.62. The van der Waals surface area contributed by atoms with E-state index in [-0.39, 0.29) is 18.8 Å². The second-order valence-corrected chi connectivity index (χ2v) is 3.47. The van der Waals surface area contributed by atoms with Crippen molar-refractivity contribution in [2.24, 2.45) is 0 Å². The molecule has 0 saturated carbocycles. The molecule has 3 nitrogen and oxygen atoms in total. The van der Waals surface area contributed by atoms with E-state index in [4.69, 9.17) is 0 Å². The summed E-state index contributed by atoms with van der Waals surface area (Å²) in [5.74, 6) is -0.0103. The lowest BCUT2D eigenvalue weighted by Gasteiger charge is -2.24. The first-order valence-corrected chi connectivity index (χ1v) is 4.58. The molecule has 0 amide bonds. The standard InChI is InChI=1S/C8H8F5N3/c9-7(10)4-1-2-14-6-3-5(8(11,12)13)15-16(4)6/h3-4,7,14H,1-2H2. The zero-order chi connectivity index (χ0) is 11.9. The number of nitrogens with zero attached hydrogens (tertiary/aromatic N) is 2. The van der Waals surface area contributed by atoms with Gasteiger partial charge in [-0.2, -0.15) is 18.3 Å². The van der Waals surface area contributed by atoms with E-state index in [2.05, 4.69) is 10.4 Å². The van der Waals surface area contributed by atoms with Gasteiger partial charge in [-0.25, -0.2) is 13.5 Å². The highest BCUT2D eigenvalue weighted by atomic mass is 19.4. The van der Waals surface area contributed by atoms with Gasteiger partial charge in [0.2, 0.25) is 0 Å². The normalized spacial score (nSPS) is 20.8. The van der Waals surface area contributed by atoms with E-state index in [1.165, 1.54) is 0 Å². The molecule has 0 radical (unpaired) electrons. The third-order valence-electron chi connectivity index (χ3n) is 2.38. The minimum absolute atomic E-state index is 0.0103. The van der Waals surface area contributed by atoms with Gasteiger partial charge in [-0.1, -0.05) is 0 Å². The second kappa shape index (κ2) is 3.60. The predicted molar refractivity (Wildman–Crippen MR) is 45.4 cm³/mol. The maximum Gasteiger partial charge on any atom is 0.435 e. The van der Waals surface area contributed by atoms with Gasteiger partial charge in [-0.3, -0.25) is 0 Å². The molecule has 16 heavy (non-hydrogen) atoms. The number of anilines is 1. The minimum atomic E-state index is -4.61. The van der Waals surface area contributed by atoms with E-state index >= 15 is 0 Å². The van der Waals surface area contributed by atoms with Gasteiger partial charge in [0.05, 0.1) is 0 Å². The molecule has 1 aliphatic rings. The Balaban J connectivity index is 2.38. The van der Waals surface area contributed by atoms with Crippen LogP contribution in [0.1, 0.15) is 18.2 Å². The molecule has 0 bridgehead atoms. The van der Waals surface area contributed by atoms with Crippen LogP contribution < -0.4 is 5.32 Å². The molecule has 90 valence electrons. The summed E-state index contributed by atoms with van der Waals surface area (Å²) in [4.78, 5) is 0. The molecule has 1 unspecified atom stereocenters. The Morgan fingerprint density at radius 2 is 2.12 bits per heavy atom. The number of halogens is 5. The van der Waals surface area contributed by atoms with Crippen LogP contribution in [0.5, 0.6) is 0 Å². The molecular weight excluding hydrogens is 233 g/mol. The lowest BCUT2D eigenvalue weighted by Crippen LogP contribution is -2.28.